The molecule has 0 atom stereocenters. The Hall–Kier alpha value is -0.370. The van der Waals surface area contributed by atoms with E-state index in [4.69, 9.17) is 0 Å². The topological polar surface area (TPSA) is 20.3 Å². The molecule has 0 aromatic carbocycles. The molecule has 0 radical (unpaired) electrons. The molecule has 0 aromatic heterocycles. The van der Waals surface area contributed by atoms with Gasteiger partial charge < -0.3 is 0 Å². The molecule has 2 nitrogen and oxygen atoms in total. The molecule has 124 valence electrons. The van der Waals surface area contributed by atoms with Crippen LogP contribution >= 0.6 is 0 Å². The quantitative estimate of drug-likeness (QED) is 0.479. The zero-order valence-corrected chi connectivity index (χ0v) is 14.8. The average Bonchev–Trinajstić information content (AvgIpc) is 2.50. The lowest BCUT2D eigenvalue weighted by molar-refractivity contribution is -0.132. The van der Waals surface area contributed by atoms with E-state index >= 15 is 0 Å². The maximum Gasteiger partial charge on any atom is 0.153 e. The van der Waals surface area contributed by atoms with Crippen molar-refractivity contribution in [3.8, 4) is 0 Å². The third-order valence-corrected chi connectivity index (χ3v) is 5.31. The summed E-state index contributed by atoms with van der Waals surface area (Å²) in [7, 11) is 4.19. The number of carbonyl (C=O) groups is 1. The van der Waals surface area contributed by atoms with Gasteiger partial charge in [0.15, 0.2) is 5.78 Å². The standard InChI is InChI=1S/C19H37NO/c1-4-5-6-7-8-9-10-12-15-18(21)19(20(2)3)16-13-11-14-17-19/h4-17H2,1-3H3. The number of nitrogens with zero attached hydrogens (tertiary/aromatic N) is 1. The Morgan fingerprint density at radius 3 is 1.90 bits per heavy atom. The van der Waals surface area contributed by atoms with Gasteiger partial charge in [-0.05, 0) is 33.4 Å². The van der Waals surface area contributed by atoms with Gasteiger partial charge in [0.1, 0.15) is 0 Å². The monoisotopic (exact) mass is 295 g/mol. The van der Waals surface area contributed by atoms with Crippen molar-refractivity contribution in [3.63, 3.8) is 0 Å². The van der Waals surface area contributed by atoms with Crippen LogP contribution < -0.4 is 0 Å². The highest BCUT2D eigenvalue weighted by atomic mass is 16.1. The fraction of sp³-hybridized carbons (Fsp3) is 0.947. The Morgan fingerprint density at radius 1 is 0.857 bits per heavy atom. The lowest BCUT2D eigenvalue weighted by atomic mass is 9.76. The van der Waals surface area contributed by atoms with Crippen molar-refractivity contribution in [3.05, 3.63) is 0 Å². The van der Waals surface area contributed by atoms with Crippen LogP contribution in [0.3, 0.4) is 0 Å². The summed E-state index contributed by atoms with van der Waals surface area (Å²) < 4.78 is 0. The number of likely N-dealkylation sites (N-methyl/N-ethyl adjacent to an activating group) is 1. The molecule has 0 aliphatic heterocycles. The van der Waals surface area contributed by atoms with Crippen LogP contribution in [0.5, 0.6) is 0 Å². The second-order valence-corrected chi connectivity index (χ2v) is 7.13. The van der Waals surface area contributed by atoms with Gasteiger partial charge in [-0.2, -0.15) is 0 Å². The van der Waals surface area contributed by atoms with Gasteiger partial charge in [-0.3, -0.25) is 9.69 Å². The first kappa shape index (κ1) is 18.7. The van der Waals surface area contributed by atoms with Gasteiger partial charge in [-0.1, -0.05) is 71.1 Å². The molecule has 21 heavy (non-hydrogen) atoms. The summed E-state index contributed by atoms with van der Waals surface area (Å²) in [5, 5.41) is 0. The number of hydrogen-bond acceptors (Lipinski definition) is 2. The molecule has 1 rings (SSSR count). The minimum atomic E-state index is -0.126. The second-order valence-electron chi connectivity index (χ2n) is 7.13. The summed E-state index contributed by atoms with van der Waals surface area (Å²) in [4.78, 5) is 14.9. The van der Waals surface area contributed by atoms with Gasteiger partial charge in [0.25, 0.3) is 0 Å². The number of ketones is 1. The van der Waals surface area contributed by atoms with E-state index in [1.807, 2.05) is 0 Å². The van der Waals surface area contributed by atoms with Crippen LogP contribution in [0.2, 0.25) is 0 Å². The molecule has 0 spiro atoms. The van der Waals surface area contributed by atoms with Gasteiger partial charge in [0.2, 0.25) is 0 Å². The minimum Gasteiger partial charge on any atom is -0.298 e. The first-order chi connectivity index (χ1) is 10.1. The summed E-state index contributed by atoms with van der Waals surface area (Å²) in [5.41, 5.74) is -0.126. The van der Waals surface area contributed by atoms with E-state index in [1.165, 1.54) is 64.2 Å². The molecule has 1 aliphatic rings. The molecule has 0 heterocycles. The Kier molecular flexibility index (Phi) is 9.23. The first-order valence-corrected chi connectivity index (χ1v) is 9.34. The Balaban J connectivity index is 2.19. The number of rotatable bonds is 11. The molecule has 0 N–H and O–H groups in total. The van der Waals surface area contributed by atoms with Crippen LogP contribution in [-0.4, -0.2) is 30.3 Å². The molecular formula is C19H37NO. The normalized spacial score (nSPS) is 18.1. The highest BCUT2D eigenvalue weighted by Gasteiger charge is 2.40. The van der Waals surface area contributed by atoms with Crippen LogP contribution in [0.1, 0.15) is 96.8 Å². The van der Waals surface area contributed by atoms with Crippen molar-refractivity contribution in [1.82, 2.24) is 4.90 Å². The van der Waals surface area contributed by atoms with Gasteiger partial charge in [0.05, 0.1) is 5.54 Å². The van der Waals surface area contributed by atoms with E-state index in [-0.39, 0.29) is 5.54 Å². The third-order valence-electron chi connectivity index (χ3n) is 5.31. The lowest BCUT2D eigenvalue weighted by Gasteiger charge is -2.41. The number of hydrogen-bond donors (Lipinski definition) is 0. The number of Topliss-reactive ketones (excluding diaryl/α,β-unsaturated/α-hetero) is 1. The highest BCUT2D eigenvalue weighted by Crippen LogP contribution is 2.34. The average molecular weight is 296 g/mol. The summed E-state index contributed by atoms with van der Waals surface area (Å²) in [6.07, 6.45) is 17.2. The SMILES string of the molecule is CCCCCCCCCCC(=O)C1(N(C)C)CCCCC1. The summed E-state index contributed by atoms with van der Waals surface area (Å²) in [6, 6.07) is 0. The summed E-state index contributed by atoms with van der Waals surface area (Å²) in [5.74, 6) is 0.512. The predicted molar refractivity (Wildman–Crippen MR) is 91.7 cm³/mol. The summed E-state index contributed by atoms with van der Waals surface area (Å²) >= 11 is 0. The van der Waals surface area contributed by atoms with Gasteiger partial charge in [-0.25, -0.2) is 0 Å². The Labute approximate surface area is 132 Å². The summed E-state index contributed by atoms with van der Waals surface area (Å²) in [6.45, 7) is 2.26. The van der Waals surface area contributed by atoms with E-state index in [0.29, 0.717) is 5.78 Å². The van der Waals surface area contributed by atoms with E-state index in [0.717, 1.165) is 25.7 Å². The van der Waals surface area contributed by atoms with Crippen LogP contribution in [0.25, 0.3) is 0 Å². The Morgan fingerprint density at radius 2 is 1.38 bits per heavy atom. The van der Waals surface area contributed by atoms with Gasteiger partial charge in [0, 0.05) is 6.42 Å². The van der Waals surface area contributed by atoms with Crippen molar-refractivity contribution in [1.29, 1.82) is 0 Å². The molecule has 0 saturated heterocycles. The molecule has 2 heteroatoms. The molecule has 0 aromatic rings. The van der Waals surface area contributed by atoms with E-state index < -0.39 is 0 Å². The van der Waals surface area contributed by atoms with E-state index in [1.54, 1.807) is 0 Å². The van der Waals surface area contributed by atoms with E-state index in [2.05, 4.69) is 25.9 Å². The molecule has 1 saturated carbocycles. The predicted octanol–water partition coefficient (Wildman–Crippen LogP) is 5.35. The lowest BCUT2D eigenvalue weighted by Crippen LogP contribution is -2.52. The zero-order valence-electron chi connectivity index (χ0n) is 14.8. The maximum absolute atomic E-state index is 12.7. The fourth-order valence-corrected chi connectivity index (χ4v) is 3.76. The molecule has 0 amide bonds. The van der Waals surface area contributed by atoms with Crippen molar-refractivity contribution in [2.45, 2.75) is 102 Å². The molecule has 0 bridgehead atoms. The van der Waals surface area contributed by atoms with Crippen LogP contribution in [-0.2, 0) is 4.79 Å². The van der Waals surface area contributed by atoms with Crippen LogP contribution in [0.4, 0.5) is 0 Å². The van der Waals surface area contributed by atoms with Crippen LogP contribution in [0, 0.1) is 0 Å². The largest absolute Gasteiger partial charge is 0.298 e. The van der Waals surface area contributed by atoms with Crippen molar-refractivity contribution in [2.24, 2.45) is 0 Å². The zero-order chi connectivity index (χ0) is 15.6. The van der Waals surface area contributed by atoms with Crippen molar-refractivity contribution < 1.29 is 4.79 Å². The Bertz CT molecular complexity index is 279. The smallest absolute Gasteiger partial charge is 0.153 e. The molecule has 1 aliphatic carbocycles. The minimum absolute atomic E-state index is 0.126. The first-order valence-electron chi connectivity index (χ1n) is 9.34. The third kappa shape index (κ3) is 6.10. The van der Waals surface area contributed by atoms with Gasteiger partial charge >= 0.3 is 0 Å². The van der Waals surface area contributed by atoms with Crippen molar-refractivity contribution >= 4 is 5.78 Å². The second kappa shape index (κ2) is 10.4. The van der Waals surface area contributed by atoms with E-state index in [9.17, 15) is 4.79 Å². The highest BCUT2D eigenvalue weighted by molar-refractivity contribution is 5.88. The fourth-order valence-electron chi connectivity index (χ4n) is 3.76. The van der Waals surface area contributed by atoms with Crippen molar-refractivity contribution in [2.75, 3.05) is 14.1 Å². The maximum atomic E-state index is 12.7. The van der Waals surface area contributed by atoms with Gasteiger partial charge in [-0.15, -0.1) is 0 Å². The van der Waals surface area contributed by atoms with Crippen LogP contribution in [0.15, 0.2) is 0 Å². The number of carbonyl (C=O) groups excluding carboxylic acids is 1. The molecular weight excluding hydrogens is 258 g/mol. The molecule has 0 unspecified atom stereocenters. The number of unbranched alkanes of at least 4 members (excludes halogenated alkanes) is 7. The molecule has 1 fully saturated rings.